The second-order valence-electron chi connectivity index (χ2n) is 4.45. The lowest BCUT2D eigenvalue weighted by molar-refractivity contribution is -0.122. The molecule has 96 valence electrons. The molecule has 0 aromatic carbocycles. The van der Waals surface area contributed by atoms with Gasteiger partial charge in [0.05, 0.1) is 10.4 Å². The molecule has 2 aromatic rings. The number of amides is 1. The van der Waals surface area contributed by atoms with E-state index in [0.29, 0.717) is 13.0 Å². The number of aromatic nitrogens is 2. The van der Waals surface area contributed by atoms with Crippen LogP contribution in [0.25, 0.3) is 10.7 Å². The summed E-state index contributed by atoms with van der Waals surface area (Å²) in [6.45, 7) is 2.26. The normalized spacial score (nSPS) is 14.3. The van der Waals surface area contributed by atoms with E-state index in [0.717, 1.165) is 10.7 Å². The van der Waals surface area contributed by atoms with E-state index in [1.54, 1.807) is 24.5 Å². The van der Waals surface area contributed by atoms with Crippen LogP contribution < -0.4 is 11.5 Å². The standard InChI is InChI=1S/C12H16N4OS/c1-12(14,11(13)17)4-6-16-7-5-15-10(16)9-3-2-8-18-9/h2-3,5,7-8H,4,6,14H2,1H3,(H2,13,17). The maximum atomic E-state index is 11.2. The number of hydrogen-bond acceptors (Lipinski definition) is 4. The second-order valence-corrected chi connectivity index (χ2v) is 5.40. The summed E-state index contributed by atoms with van der Waals surface area (Å²) in [5, 5.41) is 2.00. The van der Waals surface area contributed by atoms with Crippen molar-refractivity contribution in [3.8, 4) is 10.7 Å². The average molecular weight is 264 g/mol. The summed E-state index contributed by atoms with van der Waals surface area (Å²) in [5.41, 5.74) is 10.1. The van der Waals surface area contributed by atoms with E-state index in [4.69, 9.17) is 11.5 Å². The van der Waals surface area contributed by atoms with E-state index in [1.165, 1.54) is 0 Å². The largest absolute Gasteiger partial charge is 0.368 e. The zero-order valence-electron chi connectivity index (χ0n) is 10.2. The van der Waals surface area contributed by atoms with Gasteiger partial charge in [-0.25, -0.2) is 4.98 Å². The van der Waals surface area contributed by atoms with Gasteiger partial charge in [0.2, 0.25) is 5.91 Å². The number of carbonyl (C=O) groups is 1. The molecule has 0 spiro atoms. The first-order chi connectivity index (χ1) is 8.50. The molecule has 0 saturated carbocycles. The summed E-state index contributed by atoms with van der Waals surface area (Å²) in [6, 6.07) is 3.99. The highest BCUT2D eigenvalue weighted by Crippen LogP contribution is 2.23. The first-order valence-corrected chi connectivity index (χ1v) is 6.52. The van der Waals surface area contributed by atoms with Crippen molar-refractivity contribution in [3.63, 3.8) is 0 Å². The SMILES string of the molecule is CC(N)(CCn1ccnc1-c1cccs1)C(N)=O. The Hall–Kier alpha value is -1.66. The van der Waals surface area contributed by atoms with Gasteiger partial charge in [0.25, 0.3) is 0 Å². The number of carbonyl (C=O) groups excluding carboxylic acids is 1. The van der Waals surface area contributed by atoms with Crippen molar-refractivity contribution >= 4 is 17.2 Å². The predicted octanol–water partition coefficient (Wildman–Crippen LogP) is 1.20. The van der Waals surface area contributed by atoms with Crippen molar-refractivity contribution in [1.29, 1.82) is 0 Å². The van der Waals surface area contributed by atoms with Crippen molar-refractivity contribution < 1.29 is 4.79 Å². The van der Waals surface area contributed by atoms with Gasteiger partial charge in [-0.15, -0.1) is 11.3 Å². The van der Waals surface area contributed by atoms with Crippen molar-refractivity contribution in [2.75, 3.05) is 0 Å². The summed E-state index contributed by atoms with van der Waals surface area (Å²) in [6.07, 6.45) is 4.11. The van der Waals surface area contributed by atoms with Gasteiger partial charge in [-0.1, -0.05) is 6.07 Å². The third-order valence-corrected chi connectivity index (χ3v) is 3.76. The van der Waals surface area contributed by atoms with Crippen LogP contribution in [0, 0.1) is 0 Å². The number of primary amides is 1. The summed E-state index contributed by atoms with van der Waals surface area (Å²) in [7, 11) is 0. The summed E-state index contributed by atoms with van der Waals surface area (Å²) in [5.74, 6) is 0.408. The molecule has 6 heteroatoms. The fraction of sp³-hybridized carbons (Fsp3) is 0.333. The second kappa shape index (κ2) is 4.91. The Morgan fingerprint density at radius 2 is 2.39 bits per heavy atom. The van der Waals surface area contributed by atoms with Gasteiger partial charge in [-0.3, -0.25) is 4.79 Å². The molecule has 1 amide bonds. The van der Waals surface area contributed by atoms with E-state index in [2.05, 4.69) is 4.98 Å². The minimum absolute atomic E-state index is 0.483. The number of rotatable bonds is 5. The Morgan fingerprint density at radius 1 is 1.61 bits per heavy atom. The molecule has 4 N–H and O–H groups in total. The molecule has 0 saturated heterocycles. The topological polar surface area (TPSA) is 86.9 Å². The van der Waals surface area contributed by atoms with Crippen LogP contribution in [0.2, 0.25) is 0 Å². The third kappa shape index (κ3) is 2.60. The van der Waals surface area contributed by atoms with Gasteiger partial charge in [0.15, 0.2) is 0 Å². The molecule has 2 aromatic heterocycles. The zero-order valence-corrected chi connectivity index (χ0v) is 11.0. The van der Waals surface area contributed by atoms with E-state index in [1.807, 2.05) is 28.3 Å². The maximum absolute atomic E-state index is 11.2. The van der Waals surface area contributed by atoms with Crippen molar-refractivity contribution in [1.82, 2.24) is 9.55 Å². The van der Waals surface area contributed by atoms with Gasteiger partial charge in [-0.05, 0) is 24.8 Å². The number of nitrogens with zero attached hydrogens (tertiary/aromatic N) is 2. The zero-order chi connectivity index (χ0) is 13.2. The van der Waals surface area contributed by atoms with Crippen LogP contribution >= 0.6 is 11.3 Å². The van der Waals surface area contributed by atoms with Crippen LogP contribution in [0.4, 0.5) is 0 Å². The van der Waals surface area contributed by atoms with Crippen LogP contribution in [-0.4, -0.2) is 21.0 Å². The lowest BCUT2D eigenvalue weighted by Gasteiger charge is -2.20. The molecule has 2 rings (SSSR count). The molecular formula is C12H16N4OS. The number of aryl methyl sites for hydroxylation is 1. The molecule has 2 heterocycles. The highest BCUT2D eigenvalue weighted by molar-refractivity contribution is 7.13. The predicted molar refractivity (Wildman–Crippen MR) is 71.9 cm³/mol. The van der Waals surface area contributed by atoms with Crippen molar-refractivity contribution in [2.24, 2.45) is 11.5 Å². The monoisotopic (exact) mass is 264 g/mol. The smallest absolute Gasteiger partial charge is 0.237 e. The van der Waals surface area contributed by atoms with Gasteiger partial charge in [0.1, 0.15) is 5.82 Å². The fourth-order valence-electron chi connectivity index (χ4n) is 1.60. The highest BCUT2D eigenvalue weighted by atomic mass is 32.1. The summed E-state index contributed by atoms with van der Waals surface area (Å²) < 4.78 is 1.99. The number of nitrogens with two attached hydrogens (primary N) is 2. The van der Waals surface area contributed by atoms with Gasteiger partial charge in [-0.2, -0.15) is 0 Å². The minimum Gasteiger partial charge on any atom is -0.368 e. The summed E-state index contributed by atoms with van der Waals surface area (Å²) >= 11 is 1.63. The van der Waals surface area contributed by atoms with Crippen LogP contribution in [0.5, 0.6) is 0 Å². The van der Waals surface area contributed by atoms with Crippen LogP contribution in [0.15, 0.2) is 29.9 Å². The molecule has 0 aliphatic carbocycles. The Labute approximate surface area is 109 Å². The molecule has 18 heavy (non-hydrogen) atoms. The average Bonchev–Trinajstić information content (AvgIpc) is 2.96. The number of thiophene rings is 1. The number of imidazole rings is 1. The van der Waals surface area contributed by atoms with Gasteiger partial charge < -0.3 is 16.0 Å². The van der Waals surface area contributed by atoms with E-state index in [-0.39, 0.29) is 0 Å². The molecule has 5 nitrogen and oxygen atoms in total. The molecule has 0 aliphatic heterocycles. The number of hydrogen-bond donors (Lipinski definition) is 2. The van der Waals surface area contributed by atoms with Crippen LogP contribution in [0.1, 0.15) is 13.3 Å². The summed E-state index contributed by atoms with van der Waals surface area (Å²) in [4.78, 5) is 16.6. The van der Waals surface area contributed by atoms with E-state index in [9.17, 15) is 4.79 Å². The van der Waals surface area contributed by atoms with E-state index < -0.39 is 11.4 Å². The first kappa shape index (κ1) is 12.8. The Balaban J connectivity index is 2.12. The van der Waals surface area contributed by atoms with Crippen LogP contribution in [-0.2, 0) is 11.3 Å². The van der Waals surface area contributed by atoms with Gasteiger partial charge >= 0.3 is 0 Å². The maximum Gasteiger partial charge on any atom is 0.237 e. The molecule has 0 bridgehead atoms. The molecule has 0 radical (unpaired) electrons. The Bertz CT molecular complexity index is 530. The quantitative estimate of drug-likeness (QED) is 0.850. The fourth-order valence-corrected chi connectivity index (χ4v) is 2.33. The molecular weight excluding hydrogens is 248 g/mol. The van der Waals surface area contributed by atoms with Crippen molar-refractivity contribution in [2.45, 2.75) is 25.4 Å². The lowest BCUT2D eigenvalue weighted by atomic mass is 9.99. The van der Waals surface area contributed by atoms with Gasteiger partial charge in [0, 0.05) is 18.9 Å². The molecule has 0 aliphatic rings. The first-order valence-electron chi connectivity index (χ1n) is 5.64. The van der Waals surface area contributed by atoms with E-state index >= 15 is 0 Å². The minimum atomic E-state index is -0.989. The molecule has 1 unspecified atom stereocenters. The van der Waals surface area contributed by atoms with Crippen LogP contribution in [0.3, 0.4) is 0 Å². The Morgan fingerprint density at radius 3 is 3.00 bits per heavy atom. The third-order valence-electron chi connectivity index (χ3n) is 2.89. The molecule has 0 fully saturated rings. The van der Waals surface area contributed by atoms with Crippen molar-refractivity contribution in [3.05, 3.63) is 29.9 Å². The molecule has 1 atom stereocenters. The Kier molecular flexibility index (Phi) is 3.49. The highest BCUT2D eigenvalue weighted by Gasteiger charge is 2.25. The lowest BCUT2D eigenvalue weighted by Crippen LogP contribution is -2.49.